The summed E-state index contributed by atoms with van der Waals surface area (Å²) in [5.41, 5.74) is 7.72. The highest BCUT2D eigenvalue weighted by molar-refractivity contribution is 7.84. The number of methoxy groups -OCH3 is 1. The molecule has 0 aliphatic rings. The van der Waals surface area contributed by atoms with Crippen molar-refractivity contribution < 1.29 is 8.95 Å². The van der Waals surface area contributed by atoms with Gasteiger partial charge in [0.1, 0.15) is 5.75 Å². The van der Waals surface area contributed by atoms with Crippen LogP contribution in [0.4, 0.5) is 5.69 Å². The van der Waals surface area contributed by atoms with E-state index in [1.165, 1.54) is 0 Å². The summed E-state index contributed by atoms with van der Waals surface area (Å²) in [6, 6.07) is 17.2. The number of benzene rings is 2. The van der Waals surface area contributed by atoms with Crippen LogP contribution in [0, 0.1) is 0 Å². The summed E-state index contributed by atoms with van der Waals surface area (Å²) < 4.78 is 17.1. The standard InChI is InChI=1S/C17H21N3O2S/c1-22-16-9-7-15(8-10-16)20-17(18)19-11-12-23(21)13-14-5-3-2-4-6-14/h2-10H,11-13H2,1H3,(H3,18,19,20). The highest BCUT2D eigenvalue weighted by atomic mass is 32.2. The average Bonchev–Trinajstić information content (AvgIpc) is 2.56. The number of hydrogen-bond donors (Lipinski definition) is 2. The molecule has 0 radical (unpaired) electrons. The van der Waals surface area contributed by atoms with Crippen molar-refractivity contribution in [3.05, 3.63) is 60.2 Å². The molecule has 3 N–H and O–H groups in total. The molecule has 6 heteroatoms. The molecule has 0 saturated heterocycles. The van der Waals surface area contributed by atoms with Gasteiger partial charge in [0.25, 0.3) is 0 Å². The number of nitrogens with zero attached hydrogens (tertiary/aromatic N) is 1. The molecule has 1 unspecified atom stereocenters. The van der Waals surface area contributed by atoms with Gasteiger partial charge in [-0.3, -0.25) is 9.20 Å². The number of nitrogens with one attached hydrogen (secondary N) is 1. The third-order valence-electron chi connectivity index (χ3n) is 3.13. The summed E-state index contributed by atoms with van der Waals surface area (Å²) in [4.78, 5) is 4.20. The molecule has 122 valence electrons. The van der Waals surface area contributed by atoms with Crippen LogP contribution in [0.2, 0.25) is 0 Å². The van der Waals surface area contributed by atoms with Gasteiger partial charge in [-0.1, -0.05) is 30.3 Å². The van der Waals surface area contributed by atoms with Crippen LogP contribution in [0.3, 0.4) is 0 Å². The molecule has 0 fully saturated rings. The van der Waals surface area contributed by atoms with Gasteiger partial charge >= 0.3 is 0 Å². The number of nitrogens with two attached hydrogens (primary N) is 1. The summed E-state index contributed by atoms with van der Waals surface area (Å²) in [6.45, 7) is 0.425. The Morgan fingerprint density at radius 3 is 2.52 bits per heavy atom. The lowest BCUT2D eigenvalue weighted by Gasteiger charge is -2.06. The SMILES string of the molecule is COc1ccc(NC(N)=NCCS(=O)Cc2ccccc2)cc1. The molecule has 2 rings (SSSR count). The number of ether oxygens (including phenoxy) is 1. The minimum Gasteiger partial charge on any atom is -0.497 e. The van der Waals surface area contributed by atoms with Crippen LogP contribution < -0.4 is 15.8 Å². The Kier molecular flexibility index (Phi) is 6.62. The van der Waals surface area contributed by atoms with Crippen molar-refractivity contribution in [1.29, 1.82) is 0 Å². The molecule has 0 aromatic heterocycles. The molecule has 0 aliphatic heterocycles. The second-order valence-corrected chi connectivity index (χ2v) is 6.47. The van der Waals surface area contributed by atoms with Crippen molar-refractivity contribution in [2.24, 2.45) is 10.7 Å². The maximum atomic E-state index is 12.0. The van der Waals surface area contributed by atoms with E-state index < -0.39 is 10.8 Å². The van der Waals surface area contributed by atoms with E-state index >= 15 is 0 Å². The van der Waals surface area contributed by atoms with Gasteiger partial charge in [0.15, 0.2) is 5.96 Å². The van der Waals surface area contributed by atoms with E-state index in [2.05, 4.69) is 10.3 Å². The van der Waals surface area contributed by atoms with Crippen LogP contribution in [0.1, 0.15) is 5.56 Å². The lowest BCUT2D eigenvalue weighted by molar-refractivity contribution is 0.415. The first-order valence-corrected chi connectivity index (χ1v) is 8.76. The highest BCUT2D eigenvalue weighted by Crippen LogP contribution is 2.14. The zero-order chi connectivity index (χ0) is 16.5. The minimum atomic E-state index is -0.945. The van der Waals surface area contributed by atoms with Crippen molar-refractivity contribution in [3.63, 3.8) is 0 Å². The fourth-order valence-corrected chi connectivity index (χ4v) is 2.97. The van der Waals surface area contributed by atoms with Crippen LogP contribution in [0.25, 0.3) is 0 Å². The zero-order valence-electron chi connectivity index (χ0n) is 13.1. The van der Waals surface area contributed by atoms with E-state index in [4.69, 9.17) is 10.5 Å². The fourth-order valence-electron chi connectivity index (χ4n) is 1.96. The minimum absolute atomic E-state index is 0.312. The lowest BCUT2D eigenvalue weighted by Crippen LogP contribution is -2.23. The Hall–Kier alpha value is -2.34. The van der Waals surface area contributed by atoms with Crippen molar-refractivity contribution in [3.8, 4) is 5.75 Å². The van der Waals surface area contributed by atoms with Crippen molar-refractivity contribution in [2.45, 2.75) is 5.75 Å². The molecule has 0 amide bonds. The number of hydrogen-bond acceptors (Lipinski definition) is 3. The van der Waals surface area contributed by atoms with Gasteiger partial charge in [-0.05, 0) is 29.8 Å². The van der Waals surface area contributed by atoms with Gasteiger partial charge in [0.2, 0.25) is 0 Å². The summed E-state index contributed by atoms with van der Waals surface area (Å²) >= 11 is 0. The van der Waals surface area contributed by atoms with E-state index in [0.29, 0.717) is 24.0 Å². The van der Waals surface area contributed by atoms with Crippen LogP contribution in [0.5, 0.6) is 5.75 Å². The van der Waals surface area contributed by atoms with E-state index in [1.807, 2.05) is 54.6 Å². The molecule has 0 spiro atoms. The Balaban J connectivity index is 1.76. The molecular weight excluding hydrogens is 310 g/mol. The third-order valence-corrected chi connectivity index (χ3v) is 4.43. The predicted molar refractivity (Wildman–Crippen MR) is 96.3 cm³/mol. The Bertz CT molecular complexity index is 657. The smallest absolute Gasteiger partial charge is 0.193 e. The van der Waals surface area contributed by atoms with Crippen LogP contribution in [0.15, 0.2) is 59.6 Å². The molecule has 0 aliphatic carbocycles. The van der Waals surface area contributed by atoms with E-state index in [0.717, 1.165) is 17.0 Å². The number of anilines is 1. The first-order chi connectivity index (χ1) is 11.2. The maximum Gasteiger partial charge on any atom is 0.193 e. The van der Waals surface area contributed by atoms with Crippen molar-refractivity contribution in [1.82, 2.24) is 0 Å². The van der Waals surface area contributed by atoms with E-state index in [-0.39, 0.29) is 0 Å². The first-order valence-electron chi connectivity index (χ1n) is 7.27. The Morgan fingerprint density at radius 2 is 1.87 bits per heavy atom. The Labute approximate surface area is 139 Å². The second-order valence-electron chi connectivity index (χ2n) is 4.89. The second kappa shape index (κ2) is 8.95. The van der Waals surface area contributed by atoms with Gasteiger partial charge in [-0.15, -0.1) is 0 Å². The summed E-state index contributed by atoms with van der Waals surface area (Å²) in [6.07, 6.45) is 0. The summed E-state index contributed by atoms with van der Waals surface area (Å²) in [5, 5.41) is 2.99. The molecule has 0 saturated carbocycles. The molecule has 0 heterocycles. The Morgan fingerprint density at radius 1 is 1.17 bits per heavy atom. The van der Waals surface area contributed by atoms with Gasteiger partial charge in [0.05, 0.1) is 13.7 Å². The molecule has 0 bridgehead atoms. The molecule has 1 atom stereocenters. The fraction of sp³-hybridized carbons (Fsp3) is 0.235. The lowest BCUT2D eigenvalue weighted by atomic mass is 10.2. The first kappa shape index (κ1) is 17.0. The quantitative estimate of drug-likeness (QED) is 0.603. The normalized spacial score (nSPS) is 12.7. The number of aliphatic imine (C=N–C) groups is 1. The van der Waals surface area contributed by atoms with Crippen LogP contribution in [-0.2, 0) is 16.6 Å². The van der Waals surface area contributed by atoms with Gasteiger partial charge in [0, 0.05) is 28.0 Å². The topological polar surface area (TPSA) is 76.7 Å². The molecule has 23 heavy (non-hydrogen) atoms. The van der Waals surface area contributed by atoms with Crippen molar-refractivity contribution in [2.75, 3.05) is 24.7 Å². The monoisotopic (exact) mass is 331 g/mol. The summed E-state index contributed by atoms with van der Waals surface area (Å²) in [5.74, 6) is 2.12. The molecular formula is C17H21N3O2S. The van der Waals surface area contributed by atoms with Crippen molar-refractivity contribution >= 4 is 22.4 Å². The van der Waals surface area contributed by atoms with E-state index in [9.17, 15) is 4.21 Å². The van der Waals surface area contributed by atoms with E-state index in [1.54, 1.807) is 7.11 Å². The van der Waals surface area contributed by atoms with Crippen LogP contribution in [-0.4, -0.2) is 29.6 Å². The molecule has 2 aromatic rings. The largest absolute Gasteiger partial charge is 0.497 e. The predicted octanol–water partition coefficient (Wildman–Crippen LogP) is 2.37. The molecule has 5 nitrogen and oxygen atoms in total. The zero-order valence-corrected chi connectivity index (χ0v) is 13.9. The maximum absolute atomic E-state index is 12.0. The number of rotatable bonds is 7. The number of guanidine groups is 1. The van der Waals surface area contributed by atoms with Gasteiger partial charge in [-0.2, -0.15) is 0 Å². The summed E-state index contributed by atoms with van der Waals surface area (Å²) in [7, 11) is 0.674. The average molecular weight is 331 g/mol. The van der Waals surface area contributed by atoms with Crippen LogP contribution >= 0.6 is 0 Å². The third kappa shape index (κ3) is 6.12. The molecule has 2 aromatic carbocycles. The van der Waals surface area contributed by atoms with Gasteiger partial charge in [-0.25, -0.2) is 0 Å². The van der Waals surface area contributed by atoms with Gasteiger partial charge < -0.3 is 15.8 Å². The highest BCUT2D eigenvalue weighted by Gasteiger charge is 2.01.